The van der Waals surface area contributed by atoms with Crippen molar-refractivity contribution < 1.29 is 18.7 Å². The lowest BCUT2D eigenvalue weighted by molar-refractivity contribution is -0.136. The van der Waals surface area contributed by atoms with Gasteiger partial charge in [0.05, 0.1) is 12.1 Å². The molecule has 0 aliphatic carbocycles. The first-order chi connectivity index (χ1) is 8.95. The van der Waals surface area contributed by atoms with Gasteiger partial charge in [0.2, 0.25) is 0 Å². The van der Waals surface area contributed by atoms with Crippen molar-refractivity contribution in [1.82, 2.24) is 4.98 Å². The van der Waals surface area contributed by atoms with Crippen molar-refractivity contribution in [2.45, 2.75) is 19.8 Å². The molecule has 0 spiro atoms. The third-order valence-corrected chi connectivity index (χ3v) is 3.76. The smallest absolute Gasteiger partial charge is 0.310 e. The average Bonchev–Trinajstić information content (AvgIpc) is 2.62. The first-order valence-electron chi connectivity index (χ1n) is 5.56. The zero-order chi connectivity index (χ0) is 14.0. The van der Waals surface area contributed by atoms with Crippen molar-refractivity contribution >= 4 is 17.3 Å². The number of carboxylic acids is 1. The average molecular weight is 283 g/mol. The fraction of sp³-hybridized carbons (Fsp3) is 0.231. The van der Waals surface area contributed by atoms with Gasteiger partial charge in [-0.25, -0.2) is 13.8 Å². The Morgan fingerprint density at radius 2 is 2.16 bits per heavy atom. The van der Waals surface area contributed by atoms with E-state index in [4.69, 9.17) is 5.11 Å². The van der Waals surface area contributed by atoms with Gasteiger partial charge in [0.25, 0.3) is 0 Å². The number of halogens is 2. The van der Waals surface area contributed by atoms with Gasteiger partial charge < -0.3 is 5.11 Å². The van der Waals surface area contributed by atoms with E-state index in [1.165, 1.54) is 23.5 Å². The van der Waals surface area contributed by atoms with E-state index in [0.717, 1.165) is 10.9 Å². The summed E-state index contributed by atoms with van der Waals surface area (Å²) < 4.78 is 26.3. The SMILES string of the molecule is Cc1nc(CC(=O)O)sc1Cc1ccc(F)cc1F. The number of thiazole rings is 1. The molecule has 0 aliphatic heterocycles. The molecule has 0 fully saturated rings. The van der Waals surface area contributed by atoms with Gasteiger partial charge >= 0.3 is 5.97 Å². The van der Waals surface area contributed by atoms with Gasteiger partial charge in [-0.05, 0) is 18.6 Å². The van der Waals surface area contributed by atoms with Crippen molar-refractivity contribution in [3.05, 3.63) is 51.0 Å². The number of benzene rings is 1. The number of rotatable bonds is 4. The van der Waals surface area contributed by atoms with E-state index in [1.54, 1.807) is 6.92 Å². The Labute approximate surface area is 112 Å². The monoisotopic (exact) mass is 283 g/mol. The van der Waals surface area contributed by atoms with Gasteiger partial charge in [0.15, 0.2) is 0 Å². The lowest BCUT2D eigenvalue weighted by Gasteiger charge is -2.01. The largest absolute Gasteiger partial charge is 0.481 e. The van der Waals surface area contributed by atoms with Crippen molar-refractivity contribution in [3.8, 4) is 0 Å². The summed E-state index contributed by atoms with van der Waals surface area (Å²) in [5.41, 5.74) is 1.06. The summed E-state index contributed by atoms with van der Waals surface area (Å²) >= 11 is 1.24. The molecule has 0 unspecified atom stereocenters. The van der Waals surface area contributed by atoms with Crippen LogP contribution in [0.1, 0.15) is 21.1 Å². The maximum atomic E-state index is 13.5. The number of nitrogens with zero attached hydrogens (tertiary/aromatic N) is 1. The van der Waals surface area contributed by atoms with Gasteiger partial charge in [-0.3, -0.25) is 4.79 Å². The van der Waals surface area contributed by atoms with Crippen molar-refractivity contribution in [3.63, 3.8) is 0 Å². The van der Waals surface area contributed by atoms with E-state index in [0.29, 0.717) is 16.3 Å². The summed E-state index contributed by atoms with van der Waals surface area (Å²) in [4.78, 5) is 15.5. The Kier molecular flexibility index (Phi) is 3.90. The van der Waals surface area contributed by atoms with Crippen molar-refractivity contribution in [2.75, 3.05) is 0 Å². The standard InChI is InChI=1S/C13H11F2NO2S/c1-7-11(19-12(16-7)6-13(17)18)4-8-2-3-9(14)5-10(8)15/h2-3,5H,4,6H2,1H3,(H,17,18). The summed E-state index contributed by atoms with van der Waals surface area (Å²) in [5, 5.41) is 9.18. The minimum absolute atomic E-state index is 0.141. The third kappa shape index (κ3) is 3.35. The molecular formula is C13H11F2NO2S. The number of carbonyl (C=O) groups is 1. The second-order valence-corrected chi connectivity index (χ2v) is 5.27. The van der Waals surface area contributed by atoms with E-state index in [-0.39, 0.29) is 12.8 Å². The lowest BCUT2D eigenvalue weighted by atomic mass is 10.1. The predicted octanol–water partition coefficient (Wildman–Crippen LogP) is 2.95. The van der Waals surface area contributed by atoms with Gasteiger partial charge in [0.1, 0.15) is 16.6 Å². The zero-order valence-corrected chi connectivity index (χ0v) is 10.9. The highest BCUT2D eigenvalue weighted by Gasteiger charge is 2.13. The molecule has 0 atom stereocenters. The van der Waals surface area contributed by atoms with Crippen molar-refractivity contribution in [1.29, 1.82) is 0 Å². The first kappa shape index (κ1) is 13.6. The Hall–Kier alpha value is -1.82. The maximum Gasteiger partial charge on any atom is 0.310 e. The van der Waals surface area contributed by atoms with Crippen LogP contribution >= 0.6 is 11.3 Å². The Morgan fingerprint density at radius 3 is 2.79 bits per heavy atom. The molecule has 2 rings (SSSR count). The molecule has 100 valence electrons. The van der Waals surface area contributed by atoms with Gasteiger partial charge in [-0.15, -0.1) is 11.3 Å². The van der Waals surface area contributed by atoms with Crippen LogP contribution in [0, 0.1) is 18.6 Å². The van der Waals surface area contributed by atoms with E-state index in [1.807, 2.05) is 0 Å². The summed E-state index contributed by atoms with van der Waals surface area (Å²) in [6.07, 6.45) is 0.145. The number of hydrogen-bond acceptors (Lipinski definition) is 3. The molecule has 0 saturated carbocycles. The van der Waals surface area contributed by atoms with Crippen LogP contribution in [0.15, 0.2) is 18.2 Å². The minimum Gasteiger partial charge on any atom is -0.481 e. The van der Waals surface area contributed by atoms with Crippen molar-refractivity contribution in [2.24, 2.45) is 0 Å². The Balaban J connectivity index is 2.23. The third-order valence-electron chi connectivity index (χ3n) is 2.61. The van der Waals surface area contributed by atoms with Crippen LogP contribution in [0.3, 0.4) is 0 Å². The Bertz CT molecular complexity index is 625. The molecule has 1 heterocycles. The number of aliphatic carboxylic acids is 1. The highest BCUT2D eigenvalue weighted by Crippen LogP contribution is 2.23. The van der Waals surface area contributed by atoms with Crippen LogP contribution in [0.5, 0.6) is 0 Å². The second-order valence-electron chi connectivity index (χ2n) is 4.10. The number of hydrogen-bond donors (Lipinski definition) is 1. The highest BCUT2D eigenvalue weighted by molar-refractivity contribution is 7.11. The summed E-state index contributed by atoms with van der Waals surface area (Å²) in [7, 11) is 0. The van der Waals surface area contributed by atoms with Crippen LogP contribution in [0.4, 0.5) is 8.78 Å². The fourth-order valence-corrected chi connectivity index (χ4v) is 2.78. The molecule has 0 radical (unpaired) electrons. The molecule has 6 heteroatoms. The number of aromatic nitrogens is 1. The summed E-state index contributed by atoms with van der Waals surface area (Å²) in [5.74, 6) is -2.17. The number of carboxylic acid groups (broad SMARTS) is 1. The van der Waals surface area contributed by atoms with Crippen LogP contribution in [-0.2, 0) is 17.6 Å². The molecule has 0 aliphatic rings. The summed E-state index contributed by atoms with van der Waals surface area (Å²) in [6, 6.07) is 3.43. The predicted molar refractivity (Wildman–Crippen MR) is 67.4 cm³/mol. The first-order valence-corrected chi connectivity index (χ1v) is 6.38. The minimum atomic E-state index is -0.951. The van der Waals surface area contributed by atoms with Crippen LogP contribution < -0.4 is 0 Å². The van der Waals surface area contributed by atoms with Gasteiger partial charge in [0, 0.05) is 17.4 Å². The quantitative estimate of drug-likeness (QED) is 0.938. The van der Waals surface area contributed by atoms with Crippen LogP contribution in [-0.4, -0.2) is 16.1 Å². The van der Waals surface area contributed by atoms with Gasteiger partial charge in [-0.1, -0.05) is 6.07 Å². The van der Waals surface area contributed by atoms with Gasteiger partial charge in [-0.2, -0.15) is 0 Å². The molecule has 1 aromatic carbocycles. The second kappa shape index (κ2) is 5.44. The molecule has 0 bridgehead atoms. The Morgan fingerprint density at radius 1 is 1.42 bits per heavy atom. The molecular weight excluding hydrogens is 272 g/mol. The fourth-order valence-electron chi connectivity index (χ4n) is 1.70. The molecule has 0 amide bonds. The normalized spacial score (nSPS) is 10.7. The molecule has 0 saturated heterocycles. The van der Waals surface area contributed by atoms with E-state index < -0.39 is 17.6 Å². The topological polar surface area (TPSA) is 50.2 Å². The molecule has 2 aromatic rings. The maximum absolute atomic E-state index is 13.5. The molecule has 3 nitrogen and oxygen atoms in total. The lowest BCUT2D eigenvalue weighted by Crippen LogP contribution is -1.98. The van der Waals surface area contributed by atoms with E-state index >= 15 is 0 Å². The van der Waals surface area contributed by atoms with E-state index in [2.05, 4.69) is 4.98 Å². The molecule has 1 aromatic heterocycles. The van der Waals surface area contributed by atoms with E-state index in [9.17, 15) is 13.6 Å². The molecule has 19 heavy (non-hydrogen) atoms. The van der Waals surface area contributed by atoms with Crippen LogP contribution in [0.25, 0.3) is 0 Å². The highest BCUT2D eigenvalue weighted by atomic mass is 32.1. The summed E-state index contributed by atoms with van der Waals surface area (Å²) in [6.45, 7) is 1.75. The molecule has 1 N–H and O–H groups in total. The zero-order valence-electron chi connectivity index (χ0n) is 10.1. The van der Waals surface area contributed by atoms with Crippen LogP contribution in [0.2, 0.25) is 0 Å². The number of aryl methyl sites for hydroxylation is 1.